The maximum absolute atomic E-state index is 9.98. The monoisotopic (exact) mass is 151 g/mol. The predicted molar refractivity (Wildman–Crippen MR) is 41.8 cm³/mol. The summed E-state index contributed by atoms with van der Waals surface area (Å²) in [4.78, 5) is 20.0. The van der Waals surface area contributed by atoms with Crippen molar-refractivity contribution in [3.8, 4) is 0 Å². The molecule has 5 heteroatoms. The third-order valence-electron chi connectivity index (χ3n) is 1.14. The molecule has 0 radical (unpaired) electrons. The Hall–Kier alpha value is -1.78. The summed E-state index contributed by atoms with van der Waals surface area (Å²) in [6.07, 6.45) is 0. The van der Waals surface area contributed by atoms with Crippen LogP contribution in [0.5, 0.6) is 0 Å². The van der Waals surface area contributed by atoms with Gasteiger partial charge in [-0.3, -0.25) is 0 Å². The van der Waals surface area contributed by atoms with Crippen LogP contribution in [0.1, 0.15) is 0 Å². The van der Waals surface area contributed by atoms with E-state index in [0.717, 1.165) is 0 Å². The molecule has 2 N–H and O–H groups in total. The molecule has 0 saturated carbocycles. The van der Waals surface area contributed by atoms with Gasteiger partial charge in [-0.2, -0.15) is 0 Å². The van der Waals surface area contributed by atoms with Gasteiger partial charge in [0.2, 0.25) is 0 Å². The van der Waals surface area contributed by atoms with Crippen LogP contribution in [-0.4, -0.2) is 0 Å². The van der Waals surface area contributed by atoms with Crippen LogP contribution < -0.4 is 5.73 Å². The van der Waals surface area contributed by atoms with E-state index >= 15 is 0 Å². The van der Waals surface area contributed by atoms with E-state index in [1.165, 1.54) is 18.2 Å². The van der Waals surface area contributed by atoms with Gasteiger partial charge < -0.3 is 5.73 Å². The highest BCUT2D eigenvalue weighted by atomic mass is 16.3. The van der Waals surface area contributed by atoms with Crippen molar-refractivity contribution in [1.82, 2.24) is 0 Å². The molecule has 5 nitrogen and oxygen atoms in total. The van der Waals surface area contributed by atoms with Crippen LogP contribution in [0.2, 0.25) is 0 Å². The van der Waals surface area contributed by atoms with Crippen LogP contribution in [0.4, 0.5) is 17.1 Å². The molecule has 11 heavy (non-hydrogen) atoms. The molecular weight excluding hydrogens is 146 g/mol. The van der Waals surface area contributed by atoms with Crippen molar-refractivity contribution in [1.29, 1.82) is 0 Å². The van der Waals surface area contributed by atoms with Gasteiger partial charge in [0.15, 0.2) is 0 Å². The van der Waals surface area contributed by atoms with Crippen molar-refractivity contribution >= 4 is 17.1 Å². The summed E-state index contributed by atoms with van der Waals surface area (Å²) in [5.41, 5.74) is 5.84. The van der Waals surface area contributed by atoms with Crippen LogP contribution in [-0.2, 0) is 0 Å². The van der Waals surface area contributed by atoms with E-state index in [1.807, 2.05) is 0 Å². The summed E-state index contributed by atoms with van der Waals surface area (Å²) in [5, 5.41) is 5.22. The van der Waals surface area contributed by atoms with Crippen molar-refractivity contribution in [3.05, 3.63) is 28.0 Å². The minimum Gasteiger partial charge on any atom is -0.399 e. The Morgan fingerprint density at radius 3 is 1.82 bits per heavy atom. The first-order chi connectivity index (χ1) is 5.26. The first-order valence-corrected chi connectivity index (χ1v) is 2.83. The number of anilines is 1. The Morgan fingerprint density at radius 2 is 1.45 bits per heavy atom. The van der Waals surface area contributed by atoms with Gasteiger partial charge in [0.25, 0.3) is 0 Å². The number of nitroso groups, excluding NO2 is 2. The zero-order valence-corrected chi connectivity index (χ0v) is 5.52. The zero-order chi connectivity index (χ0) is 8.27. The molecule has 56 valence electrons. The third-order valence-corrected chi connectivity index (χ3v) is 1.14. The minimum atomic E-state index is 0.111. The van der Waals surface area contributed by atoms with Crippen molar-refractivity contribution < 1.29 is 0 Å². The second-order valence-electron chi connectivity index (χ2n) is 1.97. The molecule has 1 aromatic carbocycles. The predicted octanol–water partition coefficient (Wildman–Crippen LogP) is 2.06. The molecule has 0 saturated heterocycles. The van der Waals surface area contributed by atoms with Crippen LogP contribution in [0.15, 0.2) is 28.6 Å². The molecule has 0 bridgehead atoms. The Kier molecular flexibility index (Phi) is 1.91. The molecule has 0 fully saturated rings. The molecule has 0 aliphatic rings. The number of nitrogens with zero attached hydrogens (tertiary/aromatic N) is 2. The van der Waals surface area contributed by atoms with Gasteiger partial charge in [0.1, 0.15) is 11.4 Å². The Labute approximate surface area is 62.2 Å². The molecule has 1 aromatic rings. The Balaban J connectivity index is 3.21. The van der Waals surface area contributed by atoms with E-state index in [0.29, 0.717) is 5.69 Å². The van der Waals surface area contributed by atoms with E-state index in [4.69, 9.17) is 5.73 Å². The maximum atomic E-state index is 9.98. The van der Waals surface area contributed by atoms with Crippen LogP contribution in [0.25, 0.3) is 0 Å². The zero-order valence-electron chi connectivity index (χ0n) is 5.52. The number of hydrogen-bond acceptors (Lipinski definition) is 5. The average molecular weight is 151 g/mol. The van der Waals surface area contributed by atoms with Gasteiger partial charge in [0, 0.05) is 5.69 Å². The lowest BCUT2D eigenvalue weighted by atomic mass is 10.2. The second-order valence-corrected chi connectivity index (χ2v) is 1.97. The molecule has 0 amide bonds. The van der Waals surface area contributed by atoms with Gasteiger partial charge in [-0.05, 0) is 28.6 Å². The Morgan fingerprint density at radius 1 is 1.00 bits per heavy atom. The number of benzene rings is 1. The van der Waals surface area contributed by atoms with Gasteiger partial charge in [-0.1, -0.05) is 0 Å². The van der Waals surface area contributed by atoms with Gasteiger partial charge >= 0.3 is 0 Å². The SMILES string of the molecule is Nc1cc(N=O)cc(N=O)c1. The summed E-state index contributed by atoms with van der Waals surface area (Å²) in [7, 11) is 0. The average Bonchev–Trinajstić information content (AvgIpc) is 2.03. The highest BCUT2D eigenvalue weighted by Crippen LogP contribution is 2.24. The van der Waals surface area contributed by atoms with Gasteiger partial charge in [-0.15, -0.1) is 9.81 Å². The van der Waals surface area contributed by atoms with Crippen LogP contribution in [0.3, 0.4) is 0 Å². The lowest BCUT2D eigenvalue weighted by molar-refractivity contribution is 1.44. The molecular formula is C6H5N3O2. The quantitative estimate of drug-likeness (QED) is 0.518. The molecule has 0 spiro atoms. The van der Waals surface area contributed by atoms with E-state index in [2.05, 4.69) is 10.4 Å². The minimum absolute atomic E-state index is 0.111. The fourth-order valence-electron chi connectivity index (χ4n) is 0.723. The fraction of sp³-hybridized carbons (Fsp3) is 0. The number of hydrogen-bond donors (Lipinski definition) is 1. The Bertz CT molecular complexity index is 272. The van der Waals surface area contributed by atoms with E-state index in [-0.39, 0.29) is 11.4 Å². The first kappa shape index (κ1) is 7.33. The summed E-state index contributed by atoms with van der Waals surface area (Å²) in [6.45, 7) is 0. The molecule has 0 aliphatic carbocycles. The largest absolute Gasteiger partial charge is 0.399 e. The van der Waals surface area contributed by atoms with Crippen molar-refractivity contribution in [3.63, 3.8) is 0 Å². The smallest absolute Gasteiger partial charge is 0.112 e. The fourth-order valence-corrected chi connectivity index (χ4v) is 0.723. The molecule has 1 rings (SSSR count). The van der Waals surface area contributed by atoms with E-state index in [1.54, 1.807) is 0 Å². The number of nitrogens with two attached hydrogens (primary N) is 1. The lowest BCUT2D eigenvalue weighted by Crippen LogP contribution is -1.81. The van der Waals surface area contributed by atoms with Crippen molar-refractivity contribution in [2.45, 2.75) is 0 Å². The highest BCUT2D eigenvalue weighted by Gasteiger charge is 1.97. The highest BCUT2D eigenvalue weighted by molar-refractivity contribution is 5.60. The van der Waals surface area contributed by atoms with Crippen molar-refractivity contribution in [2.75, 3.05) is 5.73 Å². The normalized spacial score (nSPS) is 9.09. The maximum Gasteiger partial charge on any atom is 0.112 e. The molecule has 0 aliphatic heterocycles. The van der Waals surface area contributed by atoms with E-state index < -0.39 is 0 Å². The third kappa shape index (κ3) is 1.57. The first-order valence-electron chi connectivity index (χ1n) is 2.83. The summed E-state index contributed by atoms with van der Waals surface area (Å²) in [5.74, 6) is 0. The van der Waals surface area contributed by atoms with Crippen molar-refractivity contribution in [2.24, 2.45) is 10.4 Å². The molecule has 0 aromatic heterocycles. The van der Waals surface area contributed by atoms with Crippen LogP contribution in [0, 0.1) is 9.81 Å². The van der Waals surface area contributed by atoms with E-state index in [9.17, 15) is 9.81 Å². The summed E-state index contributed by atoms with van der Waals surface area (Å²) < 4.78 is 0. The summed E-state index contributed by atoms with van der Waals surface area (Å²) >= 11 is 0. The molecule has 0 unspecified atom stereocenters. The molecule has 0 atom stereocenters. The second kappa shape index (κ2) is 2.87. The number of nitrogen functional groups attached to an aromatic ring is 1. The van der Waals surface area contributed by atoms with Gasteiger partial charge in [0.05, 0.1) is 0 Å². The van der Waals surface area contributed by atoms with Crippen LogP contribution >= 0.6 is 0 Å². The summed E-state index contributed by atoms with van der Waals surface area (Å²) in [6, 6.07) is 3.99. The topological polar surface area (TPSA) is 84.9 Å². The molecule has 0 heterocycles. The lowest BCUT2D eigenvalue weighted by Gasteiger charge is -1.93. The van der Waals surface area contributed by atoms with Gasteiger partial charge in [-0.25, -0.2) is 0 Å². The number of rotatable bonds is 2. The standard InChI is InChI=1S/C6H5N3O2/c7-4-1-5(8-10)3-6(2-4)9-11/h1-3H,7H2.